The topological polar surface area (TPSA) is 70.7 Å². The number of hydrogen-bond donors (Lipinski definition) is 2. The first kappa shape index (κ1) is 14.5. The Hall–Kier alpha value is -2.47. The molecule has 0 saturated heterocycles. The summed E-state index contributed by atoms with van der Waals surface area (Å²) >= 11 is 1.49. The number of anilines is 2. The van der Waals surface area contributed by atoms with E-state index in [1.54, 1.807) is 6.92 Å². The van der Waals surface area contributed by atoms with Gasteiger partial charge in [0.25, 0.3) is 0 Å². The number of hydrogen-bond acceptors (Lipinski definition) is 5. The zero-order valence-corrected chi connectivity index (χ0v) is 13.4. The van der Waals surface area contributed by atoms with E-state index in [-0.39, 0.29) is 5.78 Å². The highest BCUT2D eigenvalue weighted by molar-refractivity contribution is 7.12. The predicted molar refractivity (Wildman–Crippen MR) is 88.9 cm³/mol. The lowest BCUT2D eigenvalue weighted by Gasteiger charge is -2.13. The van der Waals surface area contributed by atoms with Gasteiger partial charge in [-0.3, -0.25) is 9.89 Å². The quantitative estimate of drug-likeness (QED) is 0.712. The first-order valence-electron chi connectivity index (χ1n) is 6.89. The van der Waals surface area contributed by atoms with Crippen LogP contribution in [0.15, 0.2) is 29.9 Å². The summed E-state index contributed by atoms with van der Waals surface area (Å²) in [5.74, 6) is 0.637. The highest BCUT2D eigenvalue weighted by atomic mass is 32.1. The van der Waals surface area contributed by atoms with Crippen molar-refractivity contribution in [2.24, 2.45) is 0 Å². The smallest absolute Gasteiger partial charge is 0.246 e. The number of thiophene rings is 1. The number of aryl methyl sites for hydroxylation is 2. The summed E-state index contributed by atoms with van der Waals surface area (Å²) < 4.78 is 0. The largest absolute Gasteiger partial charge is 0.323 e. The Morgan fingerprint density at radius 1 is 1.27 bits per heavy atom. The second-order valence-corrected chi connectivity index (χ2v) is 6.07. The molecule has 0 atom stereocenters. The molecular formula is C16H16N4OS. The number of rotatable bonds is 4. The molecular weight excluding hydrogens is 296 g/mol. The number of nitrogens with zero attached hydrogens (tertiary/aromatic N) is 2. The molecule has 2 heterocycles. The number of Topliss-reactive ketones (excluding diaryl/α,β-unsaturated/α-hetero) is 1. The molecule has 22 heavy (non-hydrogen) atoms. The normalized spacial score (nSPS) is 10.7. The Morgan fingerprint density at radius 2 is 2.00 bits per heavy atom. The summed E-state index contributed by atoms with van der Waals surface area (Å²) in [6.07, 6.45) is 1.53. The molecule has 2 aromatic heterocycles. The van der Waals surface area contributed by atoms with E-state index in [2.05, 4.69) is 20.5 Å². The third-order valence-corrected chi connectivity index (χ3v) is 4.47. The minimum atomic E-state index is 0.103. The van der Waals surface area contributed by atoms with E-state index >= 15 is 0 Å². The van der Waals surface area contributed by atoms with Crippen LogP contribution < -0.4 is 5.32 Å². The zero-order valence-electron chi connectivity index (χ0n) is 12.6. The maximum atomic E-state index is 11.8. The van der Waals surface area contributed by atoms with Crippen LogP contribution in [0.4, 0.5) is 11.6 Å². The second-order valence-electron chi connectivity index (χ2n) is 5.15. The van der Waals surface area contributed by atoms with E-state index in [0.29, 0.717) is 5.95 Å². The Kier molecular flexibility index (Phi) is 3.77. The number of aromatic amines is 1. The molecule has 5 nitrogen and oxygen atoms in total. The number of aromatic nitrogens is 3. The molecule has 0 radical (unpaired) electrons. The number of carbonyl (C=O) groups is 1. The second kappa shape index (κ2) is 5.73. The van der Waals surface area contributed by atoms with Gasteiger partial charge in [0, 0.05) is 11.3 Å². The molecule has 0 bridgehead atoms. The summed E-state index contributed by atoms with van der Waals surface area (Å²) in [6.45, 7) is 5.71. The zero-order chi connectivity index (χ0) is 15.7. The molecule has 0 unspecified atom stereocenters. The van der Waals surface area contributed by atoms with Gasteiger partial charge >= 0.3 is 0 Å². The first-order chi connectivity index (χ1) is 10.6. The molecule has 6 heteroatoms. The van der Waals surface area contributed by atoms with Crippen LogP contribution in [-0.4, -0.2) is 21.0 Å². The van der Waals surface area contributed by atoms with Crippen molar-refractivity contribution in [1.82, 2.24) is 15.2 Å². The monoisotopic (exact) mass is 312 g/mol. The lowest BCUT2D eigenvalue weighted by atomic mass is 9.95. The fourth-order valence-electron chi connectivity index (χ4n) is 2.64. The molecule has 0 aliphatic heterocycles. The number of ketones is 1. The highest BCUT2D eigenvalue weighted by Crippen LogP contribution is 2.35. The molecule has 112 valence electrons. The van der Waals surface area contributed by atoms with E-state index in [1.807, 2.05) is 37.4 Å². The van der Waals surface area contributed by atoms with Gasteiger partial charge in [0.1, 0.15) is 6.33 Å². The standard InChI is InChI=1S/C16H16N4OS/c1-9-6-12(19-16-17-8-18-20-16)7-10(2)14(9)13-4-5-22-15(13)11(3)21/h4-8H,1-3H3,(H2,17,18,19,20). The summed E-state index contributed by atoms with van der Waals surface area (Å²) in [7, 11) is 0. The molecule has 3 aromatic rings. The van der Waals surface area contributed by atoms with Crippen molar-refractivity contribution in [3.05, 3.63) is 45.9 Å². The summed E-state index contributed by atoms with van der Waals surface area (Å²) in [4.78, 5) is 16.6. The van der Waals surface area contributed by atoms with Crippen molar-refractivity contribution >= 4 is 28.8 Å². The number of benzene rings is 1. The van der Waals surface area contributed by atoms with E-state index in [4.69, 9.17) is 0 Å². The van der Waals surface area contributed by atoms with Crippen molar-refractivity contribution in [2.45, 2.75) is 20.8 Å². The molecule has 3 rings (SSSR count). The summed E-state index contributed by atoms with van der Waals surface area (Å²) in [6, 6.07) is 6.10. The minimum Gasteiger partial charge on any atom is -0.323 e. The van der Waals surface area contributed by atoms with Gasteiger partial charge in [0.15, 0.2) is 5.78 Å². The fourth-order valence-corrected chi connectivity index (χ4v) is 3.44. The van der Waals surface area contributed by atoms with Gasteiger partial charge in [-0.1, -0.05) is 0 Å². The van der Waals surface area contributed by atoms with Crippen LogP contribution in [0.1, 0.15) is 27.7 Å². The molecule has 0 saturated carbocycles. The third-order valence-electron chi connectivity index (χ3n) is 3.46. The average Bonchev–Trinajstić information content (AvgIpc) is 3.09. The summed E-state index contributed by atoms with van der Waals surface area (Å²) in [5, 5.41) is 11.8. The van der Waals surface area contributed by atoms with Gasteiger partial charge in [-0.25, -0.2) is 4.98 Å². The van der Waals surface area contributed by atoms with Gasteiger partial charge in [0.2, 0.25) is 5.95 Å². The van der Waals surface area contributed by atoms with Gasteiger partial charge in [-0.2, -0.15) is 0 Å². The SMILES string of the molecule is CC(=O)c1sccc1-c1c(C)cc(Nc2nc[nH]n2)cc1C. The van der Waals surface area contributed by atoms with Gasteiger partial charge in [-0.15, -0.1) is 16.4 Å². The summed E-state index contributed by atoms with van der Waals surface area (Å²) in [5.41, 5.74) is 5.28. The van der Waals surface area contributed by atoms with Crippen LogP contribution in [0, 0.1) is 13.8 Å². The van der Waals surface area contributed by atoms with Crippen LogP contribution in [0.5, 0.6) is 0 Å². The lowest BCUT2D eigenvalue weighted by molar-refractivity contribution is 0.102. The Labute approximate surface area is 132 Å². The Morgan fingerprint density at radius 3 is 2.59 bits per heavy atom. The van der Waals surface area contributed by atoms with E-state index < -0.39 is 0 Å². The van der Waals surface area contributed by atoms with Gasteiger partial charge in [0.05, 0.1) is 4.88 Å². The number of carbonyl (C=O) groups excluding carboxylic acids is 1. The predicted octanol–water partition coefficient (Wildman–Crippen LogP) is 4.10. The van der Waals surface area contributed by atoms with Crippen molar-refractivity contribution < 1.29 is 4.79 Å². The minimum absolute atomic E-state index is 0.103. The lowest BCUT2D eigenvalue weighted by Crippen LogP contribution is -1.98. The average molecular weight is 312 g/mol. The Balaban J connectivity index is 2.03. The van der Waals surface area contributed by atoms with Crippen LogP contribution in [0.2, 0.25) is 0 Å². The number of nitrogens with one attached hydrogen (secondary N) is 2. The Bertz CT molecular complexity index is 798. The van der Waals surface area contributed by atoms with E-state index in [9.17, 15) is 4.79 Å². The van der Waals surface area contributed by atoms with Gasteiger partial charge < -0.3 is 5.32 Å². The van der Waals surface area contributed by atoms with Crippen molar-refractivity contribution in [1.29, 1.82) is 0 Å². The van der Waals surface area contributed by atoms with Crippen LogP contribution >= 0.6 is 11.3 Å². The molecule has 1 aromatic carbocycles. The van der Waals surface area contributed by atoms with Crippen molar-refractivity contribution in [3.63, 3.8) is 0 Å². The molecule has 0 spiro atoms. The molecule has 0 aliphatic carbocycles. The van der Waals surface area contributed by atoms with E-state index in [0.717, 1.165) is 32.8 Å². The van der Waals surface area contributed by atoms with Crippen molar-refractivity contribution in [3.8, 4) is 11.1 Å². The van der Waals surface area contributed by atoms with Crippen LogP contribution in [0.3, 0.4) is 0 Å². The van der Waals surface area contributed by atoms with Gasteiger partial charge in [-0.05, 0) is 61.0 Å². The highest BCUT2D eigenvalue weighted by Gasteiger charge is 2.15. The number of H-pyrrole nitrogens is 1. The maximum absolute atomic E-state index is 11.8. The maximum Gasteiger partial charge on any atom is 0.246 e. The molecule has 0 amide bonds. The van der Waals surface area contributed by atoms with Crippen LogP contribution in [-0.2, 0) is 0 Å². The molecule has 0 fully saturated rings. The van der Waals surface area contributed by atoms with E-state index in [1.165, 1.54) is 17.7 Å². The third kappa shape index (κ3) is 2.65. The van der Waals surface area contributed by atoms with Crippen LogP contribution in [0.25, 0.3) is 11.1 Å². The molecule has 2 N–H and O–H groups in total. The van der Waals surface area contributed by atoms with Crippen molar-refractivity contribution in [2.75, 3.05) is 5.32 Å². The fraction of sp³-hybridized carbons (Fsp3) is 0.188. The molecule has 0 aliphatic rings. The first-order valence-corrected chi connectivity index (χ1v) is 7.77.